The molecule has 0 aromatic heterocycles. The summed E-state index contributed by atoms with van der Waals surface area (Å²) in [5, 5.41) is 24.0. The Morgan fingerprint density at radius 2 is 0.733 bits per heavy atom. The molecule has 0 aliphatic carbocycles. The van der Waals surface area contributed by atoms with Gasteiger partial charge in [-0.25, -0.2) is 0 Å². The highest BCUT2D eigenvalue weighted by atomic mass is 16.6. The van der Waals surface area contributed by atoms with Gasteiger partial charge in [-0.3, -0.25) is 9.59 Å². The molecule has 0 aliphatic rings. The van der Waals surface area contributed by atoms with Gasteiger partial charge in [-0.05, 0) is 64.2 Å². The van der Waals surface area contributed by atoms with Crippen LogP contribution in [-0.2, 0) is 14.3 Å². The van der Waals surface area contributed by atoms with Crippen molar-refractivity contribution in [3.05, 3.63) is 24.3 Å². The molecule has 0 unspecified atom stereocenters. The molecule has 6 heteroatoms. The summed E-state index contributed by atoms with van der Waals surface area (Å²) in [4.78, 5) is 23.8. The summed E-state index contributed by atoms with van der Waals surface area (Å²) >= 11 is 0. The fourth-order valence-corrected chi connectivity index (χ4v) is 4.97. The van der Waals surface area contributed by atoms with Crippen molar-refractivity contribution < 1.29 is 29.6 Å². The Morgan fingerprint density at radius 3 is 1.00 bits per heavy atom. The number of hydrogen-bond donors (Lipinski definition) is 3. The first kappa shape index (κ1) is 45.6. The lowest BCUT2D eigenvalue weighted by atomic mass is 10.1. The van der Waals surface area contributed by atoms with E-state index >= 15 is 0 Å². The maximum Gasteiger partial charge on any atom is 0.313 e. The summed E-state index contributed by atoms with van der Waals surface area (Å²) in [7, 11) is 0. The van der Waals surface area contributed by atoms with E-state index in [0.717, 1.165) is 38.5 Å². The van der Waals surface area contributed by atoms with Gasteiger partial charge in [0, 0.05) is 12.8 Å². The molecular weight excluding hydrogens is 564 g/mol. The average molecular weight is 639 g/mol. The second kappa shape index (κ2) is 40.5. The molecule has 0 rings (SSSR count). The van der Waals surface area contributed by atoms with Gasteiger partial charge in [0.15, 0.2) is 0 Å². The molecule has 0 aromatic rings. The second-order valence-corrected chi connectivity index (χ2v) is 12.5. The lowest BCUT2D eigenvalue weighted by Crippen LogP contribution is -2.15. The number of esters is 2. The van der Waals surface area contributed by atoms with Crippen LogP contribution in [-0.4, -0.2) is 46.6 Å². The highest BCUT2D eigenvalue weighted by Crippen LogP contribution is 2.12. The molecule has 0 heterocycles. The van der Waals surface area contributed by atoms with Gasteiger partial charge in [0.2, 0.25) is 0 Å². The molecule has 0 aliphatic heterocycles. The number of unbranched alkanes of at least 4 members (excludes halogenated alkanes) is 22. The summed E-state index contributed by atoms with van der Waals surface area (Å²) in [5.74, 6) is -0.684. The highest BCUT2D eigenvalue weighted by molar-refractivity contribution is 5.85. The van der Waals surface area contributed by atoms with Gasteiger partial charge in [-0.2, -0.15) is 0 Å². The van der Waals surface area contributed by atoms with Crippen molar-refractivity contribution in [3.8, 4) is 0 Å². The summed E-state index contributed by atoms with van der Waals surface area (Å²) in [5.41, 5.74) is 0. The predicted octanol–water partition coefficient (Wildman–Crippen LogP) is 10.5. The molecule has 0 bridgehead atoms. The van der Waals surface area contributed by atoms with Gasteiger partial charge in [0.05, 0.1) is 13.2 Å². The third kappa shape index (κ3) is 42.5. The van der Waals surface area contributed by atoms with Crippen LogP contribution in [0.3, 0.4) is 0 Å². The number of allylic oxidation sites excluding steroid dienone is 4. The lowest BCUT2D eigenvalue weighted by Gasteiger charge is -2.04. The Labute approximate surface area is 278 Å². The Kier molecular flexibility index (Phi) is 41.1. The number of aliphatic hydroxyl groups excluding tert-OH is 3. The molecule has 3 N–H and O–H groups in total. The van der Waals surface area contributed by atoms with Crippen molar-refractivity contribution in [1.82, 2.24) is 0 Å². The minimum atomic E-state index is -0.954. The first-order valence-electron chi connectivity index (χ1n) is 18.9. The van der Waals surface area contributed by atoms with Gasteiger partial charge < -0.3 is 20.1 Å². The van der Waals surface area contributed by atoms with Gasteiger partial charge in [-0.1, -0.05) is 141 Å². The third-order valence-corrected chi connectivity index (χ3v) is 7.93. The zero-order valence-corrected chi connectivity index (χ0v) is 29.7. The standard InChI is InChI=1S/C36H66O3.C3H8O3/c1-3-5-7-9-11-13-15-17-19-21-23-25-27-29-31-33-35(37)39-36(38)34-32-30-28-26-24-22-20-18-16-14-12-10-8-6-4-2;4-1-3(6)2-5/h17-20H,3-16,21-34H2,1-2H3;3-6H,1-2H2. The van der Waals surface area contributed by atoms with Crippen molar-refractivity contribution >= 4 is 11.9 Å². The Bertz CT molecular complexity index is 606. The molecule has 0 atom stereocenters. The van der Waals surface area contributed by atoms with Crippen molar-refractivity contribution in [1.29, 1.82) is 0 Å². The van der Waals surface area contributed by atoms with Gasteiger partial charge in [-0.15, -0.1) is 0 Å². The minimum absolute atomic E-state index is 0.342. The summed E-state index contributed by atoms with van der Waals surface area (Å²) < 4.78 is 4.99. The van der Waals surface area contributed by atoms with E-state index in [1.807, 2.05) is 0 Å². The second-order valence-electron chi connectivity index (χ2n) is 12.5. The molecule has 0 fully saturated rings. The molecule has 0 radical (unpaired) electrons. The topological polar surface area (TPSA) is 104 Å². The van der Waals surface area contributed by atoms with Crippen LogP contribution in [0.1, 0.15) is 194 Å². The Hall–Kier alpha value is -1.50. The van der Waals surface area contributed by atoms with E-state index in [4.69, 9.17) is 20.1 Å². The Balaban J connectivity index is 0. The van der Waals surface area contributed by atoms with E-state index in [1.165, 1.54) is 128 Å². The summed E-state index contributed by atoms with van der Waals surface area (Å²) in [6, 6.07) is 0. The third-order valence-electron chi connectivity index (χ3n) is 7.93. The first-order chi connectivity index (χ1) is 22.0. The van der Waals surface area contributed by atoms with E-state index in [1.54, 1.807) is 0 Å². The van der Waals surface area contributed by atoms with Gasteiger partial charge >= 0.3 is 11.9 Å². The Morgan fingerprint density at radius 1 is 0.467 bits per heavy atom. The molecule has 0 amide bonds. The van der Waals surface area contributed by atoms with Crippen LogP contribution in [0.4, 0.5) is 0 Å². The monoisotopic (exact) mass is 639 g/mol. The van der Waals surface area contributed by atoms with E-state index in [9.17, 15) is 9.59 Å². The van der Waals surface area contributed by atoms with Crippen LogP contribution in [0.25, 0.3) is 0 Å². The molecule has 0 spiro atoms. The number of ether oxygens (including phenoxy) is 1. The number of rotatable bonds is 32. The number of hydrogen-bond acceptors (Lipinski definition) is 6. The van der Waals surface area contributed by atoms with Crippen LogP contribution >= 0.6 is 0 Å². The molecular formula is C39H74O6. The largest absolute Gasteiger partial charge is 0.394 e. The SMILES string of the molecule is CCCCCCCCC=CCCCCCCCC(=O)OC(=O)CCCCCCCC=CCCCCCCCC.OCC(O)CO. The average Bonchev–Trinajstić information content (AvgIpc) is 3.04. The number of aliphatic hydroxyl groups is 3. The van der Waals surface area contributed by atoms with Crippen molar-refractivity contribution in [2.45, 2.75) is 200 Å². The maximum absolute atomic E-state index is 11.9. The number of carbonyl (C=O) groups is 2. The van der Waals surface area contributed by atoms with Crippen LogP contribution in [0.15, 0.2) is 24.3 Å². The van der Waals surface area contributed by atoms with E-state index < -0.39 is 6.10 Å². The van der Waals surface area contributed by atoms with Gasteiger partial charge in [0.25, 0.3) is 0 Å². The van der Waals surface area contributed by atoms with Crippen molar-refractivity contribution in [2.24, 2.45) is 0 Å². The molecule has 45 heavy (non-hydrogen) atoms. The van der Waals surface area contributed by atoms with Gasteiger partial charge in [0.1, 0.15) is 6.10 Å². The minimum Gasteiger partial charge on any atom is -0.394 e. The van der Waals surface area contributed by atoms with Crippen LogP contribution in [0.5, 0.6) is 0 Å². The summed E-state index contributed by atoms with van der Waals surface area (Å²) in [6.07, 6.45) is 41.3. The molecule has 266 valence electrons. The quantitative estimate of drug-likeness (QED) is 0.0293. The van der Waals surface area contributed by atoms with Crippen LogP contribution in [0.2, 0.25) is 0 Å². The molecule has 0 saturated carbocycles. The highest BCUT2D eigenvalue weighted by Gasteiger charge is 2.09. The fraction of sp³-hybridized carbons (Fsp3) is 0.846. The molecule has 0 saturated heterocycles. The van der Waals surface area contributed by atoms with Crippen molar-refractivity contribution in [3.63, 3.8) is 0 Å². The first-order valence-corrected chi connectivity index (χ1v) is 18.9. The smallest absolute Gasteiger partial charge is 0.313 e. The normalized spacial score (nSPS) is 11.4. The summed E-state index contributed by atoms with van der Waals surface area (Å²) in [6.45, 7) is 3.80. The van der Waals surface area contributed by atoms with E-state index in [0.29, 0.717) is 12.8 Å². The predicted molar refractivity (Wildman–Crippen MR) is 190 cm³/mol. The lowest BCUT2D eigenvalue weighted by molar-refractivity contribution is -0.159. The van der Waals surface area contributed by atoms with Crippen molar-refractivity contribution in [2.75, 3.05) is 13.2 Å². The molecule has 0 aromatic carbocycles. The van der Waals surface area contributed by atoms with E-state index in [-0.39, 0.29) is 25.2 Å². The zero-order chi connectivity index (χ0) is 33.5. The van der Waals surface area contributed by atoms with Crippen LogP contribution in [0, 0.1) is 0 Å². The number of carbonyl (C=O) groups excluding carboxylic acids is 2. The molecule has 6 nitrogen and oxygen atoms in total. The fourth-order valence-electron chi connectivity index (χ4n) is 4.97. The maximum atomic E-state index is 11.9. The zero-order valence-electron chi connectivity index (χ0n) is 29.7. The van der Waals surface area contributed by atoms with E-state index in [2.05, 4.69) is 38.2 Å². The van der Waals surface area contributed by atoms with Crippen LogP contribution < -0.4 is 0 Å².